The molecule has 3 aromatic rings. The second kappa shape index (κ2) is 7.98. The summed E-state index contributed by atoms with van der Waals surface area (Å²) in [6, 6.07) is 12.4. The Hall–Kier alpha value is -2.68. The fourth-order valence-corrected chi connectivity index (χ4v) is 4.26. The van der Waals surface area contributed by atoms with Crippen molar-refractivity contribution in [3.8, 4) is 5.88 Å². The van der Waals surface area contributed by atoms with E-state index in [1.165, 1.54) is 0 Å². The highest BCUT2D eigenvalue weighted by molar-refractivity contribution is 9.10. The van der Waals surface area contributed by atoms with Crippen LogP contribution in [0.5, 0.6) is 5.88 Å². The number of halogens is 2. The number of aromatic hydroxyl groups is 1. The van der Waals surface area contributed by atoms with Crippen LogP contribution in [0.1, 0.15) is 10.4 Å². The lowest BCUT2D eigenvalue weighted by Gasteiger charge is -2.07. The molecule has 1 aliphatic heterocycles. The van der Waals surface area contributed by atoms with E-state index in [2.05, 4.69) is 26.2 Å². The third-order valence-electron chi connectivity index (χ3n) is 4.20. The van der Waals surface area contributed by atoms with Crippen LogP contribution < -0.4 is 10.2 Å². The number of hydrogen-bond acceptors (Lipinski definition) is 5. The Bertz CT molecular complexity index is 1250. The lowest BCUT2D eigenvalue weighted by molar-refractivity contribution is -0.116. The highest BCUT2D eigenvalue weighted by Gasteiger charge is 2.18. The Balaban J connectivity index is 1.58. The van der Waals surface area contributed by atoms with Gasteiger partial charge in [0, 0.05) is 32.5 Å². The number of carbonyl (C=O) groups excluding carboxylic acids is 1. The number of nitrogens with one attached hydrogen (secondary N) is 1. The van der Waals surface area contributed by atoms with E-state index in [1.807, 2.05) is 18.2 Å². The summed E-state index contributed by atoms with van der Waals surface area (Å²) in [6.07, 6.45) is 3.37. The molecule has 0 unspecified atom stereocenters. The zero-order chi connectivity index (χ0) is 20.5. The van der Waals surface area contributed by atoms with Gasteiger partial charge in [-0.05, 0) is 42.5 Å². The Morgan fingerprint density at radius 2 is 2.14 bits per heavy atom. The van der Waals surface area contributed by atoms with E-state index in [0.29, 0.717) is 15.6 Å². The van der Waals surface area contributed by atoms with Gasteiger partial charge in [-0.15, -0.1) is 0 Å². The van der Waals surface area contributed by atoms with E-state index < -0.39 is 10.8 Å². The van der Waals surface area contributed by atoms with E-state index in [-0.39, 0.29) is 12.4 Å². The first kappa shape index (κ1) is 19.6. The van der Waals surface area contributed by atoms with Crippen molar-refractivity contribution in [3.63, 3.8) is 0 Å². The summed E-state index contributed by atoms with van der Waals surface area (Å²) in [5.41, 5.74) is 2.99. The summed E-state index contributed by atoms with van der Waals surface area (Å²) >= 11 is 10.2. The Morgan fingerprint density at radius 3 is 2.93 bits per heavy atom. The highest BCUT2D eigenvalue weighted by Crippen LogP contribution is 2.36. The van der Waals surface area contributed by atoms with Crippen molar-refractivity contribution in [2.75, 3.05) is 5.32 Å². The fourth-order valence-electron chi connectivity index (χ4n) is 2.88. The molecule has 0 spiro atoms. The third-order valence-corrected chi connectivity index (χ3v) is 5.85. The van der Waals surface area contributed by atoms with Gasteiger partial charge in [-0.25, -0.2) is 0 Å². The number of anilines is 1. The van der Waals surface area contributed by atoms with Crippen LogP contribution in [0.4, 0.5) is 11.4 Å². The van der Waals surface area contributed by atoms with Crippen molar-refractivity contribution in [3.05, 3.63) is 72.1 Å². The van der Waals surface area contributed by atoms with Gasteiger partial charge in [0.05, 0.1) is 10.6 Å². The number of thiazole rings is 1. The lowest BCUT2D eigenvalue weighted by Crippen LogP contribution is -2.24. The molecule has 1 aromatic heterocycles. The molecule has 29 heavy (non-hydrogen) atoms. The Kier molecular flexibility index (Phi) is 5.40. The number of hydrogen-bond donors (Lipinski definition) is 2. The molecule has 2 heterocycles. The van der Waals surface area contributed by atoms with Crippen molar-refractivity contribution in [1.29, 1.82) is 0 Å². The van der Waals surface area contributed by atoms with Gasteiger partial charge >= 0.3 is 4.87 Å². The van der Waals surface area contributed by atoms with Gasteiger partial charge < -0.3 is 10.4 Å². The SMILES string of the molecule is O=C(Cn1c(O)c(C=C2C=Nc3ccc(Br)cc32)sc1=O)Nc1cccc(Cl)c1. The summed E-state index contributed by atoms with van der Waals surface area (Å²) in [7, 11) is 0. The van der Waals surface area contributed by atoms with E-state index >= 15 is 0 Å². The lowest BCUT2D eigenvalue weighted by atomic mass is 10.1. The van der Waals surface area contributed by atoms with Gasteiger partial charge in [-0.1, -0.05) is 44.9 Å². The first-order chi connectivity index (χ1) is 13.9. The molecule has 0 bridgehead atoms. The summed E-state index contributed by atoms with van der Waals surface area (Å²) < 4.78 is 1.94. The van der Waals surface area contributed by atoms with Crippen molar-refractivity contribution in [2.24, 2.45) is 4.99 Å². The molecule has 0 atom stereocenters. The molecule has 0 aliphatic carbocycles. The number of amides is 1. The topological polar surface area (TPSA) is 83.7 Å². The monoisotopic (exact) mass is 489 g/mol. The zero-order valence-corrected chi connectivity index (χ0v) is 17.9. The number of carbonyl (C=O) groups is 1. The molecule has 9 heteroatoms. The van der Waals surface area contributed by atoms with Crippen molar-refractivity contribution in [1.82, 2.24) is 4.57 Å². The predicted octanol–water partition coefficient (Wildman–Crippen LogP) is 4.93. The number of rotatable bonds is 4. The molecule has 1 aliphatic rings. The average molecular weight is 491 g/mol. The molecule has 6 nitrogen and oxygen atoms in total. The van der Waals surface area contributed by atoms with Gasteiger partial charge in [0.25, 0.3) is 0 Å². The van der Waals surface area contributed by atoms with E-state index in [9.17, 15) is 14.7 Å². The van der Waals surface area contributed by atoms with Crippen LogP contribution in [0.2, 0.25) is 5.02 Å². The Labute approximate surface area is 182 Å². The van der Waals surface area contributed by atoms with Crippen LogP contribution in [-0.4, -0.2) is 21.8 Å². The molecular weight excluding hydrogens is 478 g/mol. The molecule has 1 amide bonds. The molecule has 146 valence electrons. The van der Waals surface area contributed by atoms with Crippen LogP contribution in [0.3, 0.4) is 0 Å². The molecule has 0 saturated heterocycles. The molecular formula is C20H13BrClN3O3S. The first-order valence-electron chi connectivity index (χ1n) is 8.44. The number of fused-ring (bicyclic) bond motifs is 1. The van der Waals surface area contributed by atoms with Crippen LogP contribution in [0, 0.1) is 0 Å². The summed E-state index contributed by atoms with van der Waals surface area (Å²) in [6.45, 7) is -0.312. The second-order valence-corrected chi connectivity index (χ2v) is 8.57. The number of aliphatic imine (C=N–C) groups is 1. The van der Waals surface area contributed by atoms with Crippen LogP contribution in [0.25, 0.3) is 11.6 Å². The first-order valence-corrected chi connectivity index (χ1v) is 10.4. The van der Waals surface area contributed by atoms with Crippen LogP contribution in [0.15, 0.2) is 56.7 Å². The normalized spacial score (nSPS) is 13.7. The van der Waals surface area contributed by atoms with E-state index in [1.54, 1.807) is 36.6 Å². The number of allylic oxidation sites excluding steroid dienone is 1. The van der Waals surface area contributed by atoms with Gasteiger partial charge in [-0.3, -0.25) is 19.1 Å². The third kappa shape index (κ3) is 4.19. The molecule has 0 saturated carbocycles. The molecule has 2 N–H and O–H groups in total. The summed E-state index contributed by atoms with van der Waals surface area (Å²) in [5.74, 6) is -0.705. The average Bonchev–Trinajstić information content (AvgIpc) is 3.17. The minimum atomic E-state index is -0.446. The van der Waals surface area contributed by atoms with Crippen molar-refractivity contribution >= 4 is 74.0 Å². The number of benzene rings is 2. The molecule has 0 fully saturated rings. The van der Waals surface area contributed by atoms with Crippen molar-refractivity contribution in [2.45, 2.75) is 6.54 Å². The smallest absolute Gasteiger partial charge is 0.311 e. The predicted molar refractivity (Wildman–Crippen MR) is 120 cm³/mol. The van der Waals surface area contributed by atoms with Gasteiger partial charge in [-0.2, -0.15) is 0 Å². The largest absolute Gasteiger partial charge is 0.493 e. The highest BCUT2D eigenvalue weighted by atomic mass is 79.9. The minimum Gasteiger partial charge on any atom is -0.493 e. The fraction of sp³-hybridized carbons (Fsp3) is 0.0500. The van der Waals surface area contributed by atoms with Gasteiger partial charge in [0.1, 0.15) is 6.54 Å². The molecule has 0 radical (unpaired) electrons. The van der Waals surface area contributed by atoms with Crippen LogP contribution in [-0.2, 0) is 11.3 Å². The quantitative estimate of drug-likeness (QED) is 0.544. The van der Waals surface area contributed by atoms with Crippen molar-refractivity contribution < 1.29 is 9.90 Å². The number of aromatic nitrogens is 1. The zero-order valence-electron chi connectivity index (χ0n) is 14.7. The van der Waals surface area contributed by atoms with E-state index in [4.69, 9.17) is 11.6 Å². The maximum Gasteiger partial charge on any atom is 0.311 e. The standard InChI is InChI=1S/C20H13BrClN3O3S/c21-12-4-5-16-15(7-12)11(9-23-16)6-17-19(27)25(20(28)29-17)10-18(26)24-14-3-1-2-13(22)8-14/h1-9,27H,10H2,(H,24,26). The maximum atomic E-state index is 12.3. The summed E-state index contributed by atoms with van der Waals surface area (Å²) in [4.78, 5) is 28.9. The van der Waals surface area contributed by atoms with Crippen LogP contribution >= 0.6 is 38.9 Å². The van der Waals surface area contributed by atoms with Gasteiger partial charge in [0.15, 0.2) is 0 Å². The van der Waals surface area contributed by atoms with Gasteiger partial charge in [0.2, 0.25) is 11.8 Å². The summed E-state index contributed by atoms with van der Waals surface area (Å²) in [5, 5.41) is 13.6. The number of nitrogens with zero attached hydrogens (tertiary/aromatic N) is 2. The van der Waals surface area contributed by atoms with E-state index in [0.717, 1.165) is 37.2 Å². The molecule has 2 aromatic carbocycles. The Morgan fingerprint density at radius 1 is 1.31 bits per heavy atom. The second-order valence-electron chi connectivity index (χ2n) is 6.22. The minimum absolute atomic E-state index is 0.259. The molecule has 4 rings (SSSR count). The maximum absolute atomic E-state index is 12.3.